The first-order valence-corrected chi connectivity index (χ1v) is 5.24. The standard InChI is InChI=1S/C11H19N3O/c1-9(2)13-5-4-11(3,15)10-8-12-6-7-14-10/h6-9,13,15H,4-5H2,1-3H3. The lowest BCUT2D eigenvalue weighted by Crippen LogP contribution is -2.31. The molecule has 0 fully saturated rings. The number of nitrogens with one attached hydrogen (secondary N) is 1. The number of aromatic nitrogens is 2. The van der Waals surface area contributed by atoms with Crippen LogP contribution in [0.2, 0.25) is 0 Å². The number of hydrogen-bond donors (Lipinski definition) is 2. The topological polar surface area (TPSA) is 58.0 Å². The summed E-state index contributed by atoms with van der Waals surface area (Å²) in [6, 6.07) is 0.433. The average Bonchev–Trinajstić information content (AvgIpc) is 2.18. The molecule has 0 saturated carbocycles. The van der Waals surface area contributed by atoms with Crippen LogP contribution < -0.4 is 5.32 Å². The van der Waals surface area contributed by atoms with Crippen molar-refractivity contribution in [3.63, 3.8) is 0 Å². The van der Waals surface area contributed by atoms with Crippen molar-refractivity contribution >= 4 is 0 Å². The van der Waals surface area contributed by atoms with E-state index in [1.54, 1.807) is 25.5 Å². The summed E-state index contributed by atoms with van der Waals surface area (Å²) in [6.45, 7) is 6.69. The van der Waals surface area contributed by atoms with Crippen LogP contribution in [0.25, 0.3) is 0 Å². The summed E-state index contributed by atoms with van der Waals surface area (Å²) in [5.41, 5.74) is -0.286. The second-order valence-electron chi connectivity index (χ2n) is 4.22. The first kappa shape index (κ1) is 12.1. The third-order valence-electron chi connectivity index (χ3n) is 2.28. The van der Waals surface area contributed by atoms with Gasteiger partial charge in [0.2, 0.25) is 0 Å². The van der Waals surface area contributed by atoms with E-state index in [1.807, 2.05) is 0 Å². The fraction of sp³-hybridized carbons (Fsp3) is 0.636. The lowest BCUT2D eigenvalue weighted by molar-refractivity contribution is 0.0427. The normalized spacial score (nSPS) is 15.3. The van der Waals surface area contributed by atoms with E-state index in [4.69, 9.17) is 0 Å². The maximum absolute atomic E-state index is 10.2. The Balaban J connectivity index is 2.52. The second-order valence-corrected chi connectivity index (χ2v) is 4.22. The Morgan fingerprint density at radius 3 is 2.73 bits per heavy atom. The van der Waals surface area contributed by atoms with E-state index in [0.29, 0.717) is 18.2 Å². The maximum atomic E-state index is 10.2. The van der Waals surface area contributed by atoms with Crippen molar-refractivity contribution in [2.24, 2.45) is 0 Å². The van der Waals surface area contributed by atoms with E-state index in [9.17, 15) is 5.11 Å². The smallest absolute Gasteiger partial charge is 0.106 e. The molecule has 0 spiro atoms. The molecule has 1 atom stereocenters. The molecular weight excluding hydrogens is 190 g/mol. The summed E-state index contributed by atoms with van der Waals surface area (Å²) in [5.74, 6) is 0. The van der Waals surface area contributed by atoms with E-state index >= 15 is 0 Å². The van der Waals surface area contributed by atoms with Gasteiger partial charge in [-0.15, -0.1) is 0 Å². The van der Waals surface area contributed by atoms with Crippen molar-refractivity contribution in [1.82, 2.24) is 15.3 Å². The minimum Gasteiger partial charge on any atom is -0.384 e. The van der Waals surface area contributed by atoms with Crippen molar-refractivity contribution in [2.45, 2.75) is 38.8 Å². The van der Waals surface area contributed by atoms with Gasteiger partial charge in [0.1, 0.15) is 5.60 Å². The van der Waals surface area contributed by atoms with Crippen LogP contribution in [-0.2, 0) is 5.60 Å². The molecule has 0 amide bonds. The summed E-state index contributed by atoms with van der Waals surface area (Å²) in [5, 5.41) is 13.4. The monoisotopic (exact) mass is 209 g/mol. The Morgan fingerprint density at radius 2 is 2.20 bits per heavy atom. The van der Waals surface area contributed by atoms with Gasteiger partial charge in [-0.25, -0.2) is 0 Å². The molecule has 0 aliphatic rings. The predicted molar refractivity (Wildman–Crippen MR) is 59.4 cm³/mol. The summed E-state index contributed by atoms with van der Waals surface area (Å²) in [4.78, 5) is 8.06. The highest BCUT2D eigenvalue weighted by atomic mass is 16.3. The Hall–Kier alpha value is -1.00. The van der Waals surface area contributed by atoms with E-state index < -0.39 is 5.60 Å². The number of rotatable bonds is 5. The molecule has 1 rings (SSSR count). The average molecular weight is 209 g/mol. The van der Waals surface area contributed by atoms with Gasteiger partial charge in [0.05, 0.1) is 11.9 Å². The van der Waals surface area contributed by atoms with Gasteiger partial charge in [0.15, 0.2) is 0 Å². The van der Waals surface area contributed by atoms with Gasteiger partial charge < -0.3 is 10.4 Å². The van der Waals surface area contributed by atoms with Crippen molar-refractivity contribution in [3.05, 3.63) is 24.3 Å². The van der Waals surface area contributed by atoms with Gasteiger partial charge in [-0.2, -0.15) is 0 Å². The first-order chi connectivity index (χ1) is 7.02. The zero-order valence-corrected chi connectivity index (χ0v) is 9.57. The molecule has 1 aromatic rings. The maximum Gasteiger partial charge on any atom is 0.106 e. The molecule has 0 bridgehead atoms. The van der Waals surface area contributed by atoms with Crippen LogP contribution in [-0.4, -0.2) is 27.7 Å². The third-order valence-corrected chi connectivity index (χ3v) is 2.28. The van der Waals surface area contributed by atoms with Crippen LogP contribution in [0, 0.1) is 0 Å². The van der Waals surface area contributed by atoms with Crippen LogP contribution >= 0.6 is 0 Å². The Labute approximate surface area is 90.8 Å². The van der Waals surface area contributed by atoms with Crippen LogP contribution in [0.4, 0.5) is 0 Å². The lowest BCUT2D eigenvalue weighted by Gasteiger charge is -2.22. The molecule has 2 N–H and O–H groups in total. The Kier molecular flexibility index (Phi) is 4.17. The first-order valence-electron chi connectivity index (χ1n) is 5.24. The van der Waals surface area contributed by atoms with Gasteiger partial charge >= 0.3 is 0 Å². The van der Waals surface area contributed by atoms with Crippen molar-refractivity contribution in [2.75, 3.05) is 6.54 Å². The second kappa shape index (κ2) is 5.19. The summed E-state index contributed by atoms with van der Waals surface area (Å²) in [7, 11) is 0. The minimum absolute atomic E-state index is 0.433. The molecule has 0 aliphatic heterocycles. The van der Waals surface area contributed by atoms with E-state index in [2.05, 4.69) is 29.1 Å². The Morgan fingerprint density at radius 1 is 1.47 bits per heavy atom. The van der Waals surface area contributed by atoms with Gasteiger partial charge in [0, 0.05) is 18.4 Å². The summed E-state index contributed by atoms with van der Waals surface area (Å²) in [6.07, 6.45) is 5.44. The van der Waals surface area contributed by atoms with Crippen LogP contribution in [0.5, 0.6) is 0 Å². The number of hydrogen-bond acceptors (Lipinski definition) is 4. The van der Waals surface area contributed by atoms with Crippen molar-refractivity contribution in [3.8, 4) is 0 Å². The van der Waals surface area contributed by atoms with E-state index in [0.717, 1.165) is 6.54 Å². The predicted octanol–water partition coefficient (Wildman–Crippen LogP) is 1.07. The molecule has 4 heteroatoms. The van der Waals surface area contributed by atoms with E-state index in [-0.39, 0.29) is 0 Å². The fourth-order valence-corrected chi connectivity index (χ4v) is 1.31. The fourth-order valence-electron chi connectivity index (χ4n) is 1.31. The summed E-state index contributed by atoms with van der Waals surface area (Å²) >= 11 is 0. The molecule has 84 valence electrons. The quantitative estimate of drug-likeness (QED) is 0.761. The van der Waals surface area contributed by atoms with Gasteiger partial charge in [-0.1, -0.05) is 13.8 Å². The highest BCUT2D eigenvalue weighted by Gasteiger charge is 2.24. The molecule has 0 saturated heterocycles. The molecule has 1 heterocycles. The molecule has 0 aliphatic carbocycles. The summed E-state index contributed by atoms with van der Waals surface area (Å²) < 4.78 is 0. The zero-order valence-electron chi connectivity index (χ0n) is 9.57. The molecule has 1 unspecified atom stereocenters. The van der Waals surface area contributed by atoms with Crippen molar-refractivity contribution in [1.29, 1.82) is 0 Å². The largest absolute Gasteiger partial charge is 0.384 e. The SMILES string of the molecule is CC(C)NCCC(C)(O)c1cnccn1. The number of nitrogens with zero attached hydrogens (tertiary/aromatic N) is 2. The van der Waals surface area contributed by atoms with Gasteiger partial charge in [-0.3, -0.25) is 9.97 Å². The van der Waals surface area contributed by atoms with Gasteiger partial charge in [0.25, 0.3) is 0 Å². The highest BCUT2D eigenvalue weighted by Crippen LogP contribution is 2.20. The molecule has 0 radical (unpaired) electrons. The van der Waals surface area contributed by atoms with Crippen molar-refractivity contribution < 1.29 is 5.11 Å². The van der Waals surface area contributed by atoms with E-state index in [1.165, 1.54) is 0 Å². The van der Waals surface area contributed by atoms with Crippen LogP contribution in [0.1, 0.15) is 32.9 Å². The lowest BCUT2D eigenvalue weighted by atomic mass is 9.98. The third kappa shape index (κ3) is 3.93. The zero-order chi connectivity index (χ0) is 11.3. The highest BCUT2D eigenvalue weighted by molar-refractivity contribution is 5.05. The molecular formula is C11H19N3O. The van der Waals surface area contributed by atoms with Gasteiger partial charge in [-0.05, 0) is 19.9 Å². The molecule has 1 aromatic heterocycles. The van der Waals surface area contributed by atoms with Crippen LogP contribution in [0.3, 0.4) is 0 Å². The number of aliphatic hydroxyl groups is 1. The molecule has 0 aromatic carbocycles. The Bertz CT molecular complexity index is 285. The molecule has 4 nitrogen and oxygen atoms in total. The minimum atomic E-state index is -0.907. The molecule has 15 heavy (non-hydrogen) atoms. The van der Waals surface area contributed by atoms with Crippen LogP contribution in [0.15, 0.2) is 18.6 Å².